The first-order valence-corrected chi connectivity index (χ1v) is 7.89. The average Bonchev–Trinajstić information content (AvgIpc) is 2.47. The largest absolute Gasteiger partial charge is 0.294 e. The fourth-order valence-corrected chi connectivity index (χ4v) is 2.92. The Balaban J connectivity index is 2.20. The summed E-state index contributed by atoms with van der Waals surface area (Å²) < 4.78 is 0. The van der Waals surface area contributed by atoms with Crippen LogP contribution >= 0.6 is 23.2 Å². The van der Waals surface area contributed by atoms with E-state index in [1.165, 1.54) is 0 Å². The molecule has 2 rings (SSSR count). The van der Waals surface area contributed by atoms with Gasteiger partial charge in [0, 0.05) is 17.0 Å². The summed E-state index contributed by atoms with van der Waals surface area (Å²) in [6.07, 6.45) is 2.11. The van der Waals surface area contributed by atoms with Crippen molar-refractivity contribution in [2.24, 2.45) is 0 Å². The summed E-state index contributed by atoms with van der Waals surface area (Å²) in [6.45, 7) is 4.12. The third kappa shape index (κ3) is 3.87. The quantitative estimate of drug-likeness (QED) is 0.660. The van der Waals surface area contributed by atoms with Gasteiger partial charge in [0.05, 0.1) is 5.02 Å². The molecule has 2 aromatic carbocycles. The Morgan fingerprint density at radius 1 is 0.905 bits per heavy atom. The van der Waals surface area contributed by atoms with Crippen molar-refractivity contribution in [3.05, 3.63) is 68.7 Å². The zero-order valence-corrected chi connectivity index (χ0v) is 13.8. The minimum Gasteiger partial charge on any atom is -0.294 e. The maximum absolute atomic E-state index is 12.4. The molecule has 21 heavy (non-hydrogen) atoms. The number of rotatable bonds is 5. The van der Waals surface area contributed by atoms with E-state index in [1.54, 1.807) is 0 Å². The van der Waals surface area contributed by atoms with Gasteiger partial charge in [-0.1, -0.05) is 55.2 Å². The third-order valence-corrected chi connectivity index (χ3v) is 4.27. The molecule has 1 nitrogen and oxygen atoms in total. The topological polar surface area (TPSA) is 17.1 Å². The summed E-state index contributed by atoms with van der Waals surface area (Å²) in [7, 11) is 0. The molecule has 0 N–H and O–H groups in total. The van der Waals surface area contributed by atoms with E-state index in [4.69, 9.17) is 23.2 Å². The van der Waals surface area contributed by atoms with Crippen LogP contribution in [0.2, 0.25) is 10.0 Å². The fraction of sp³-hybridized carbons (Fsp3) is 0.278. The van der Waals surface area contributed by atoms with Gasteiger partial charge < -0.3 is 0 Å². The second kappa shape index (κ2) is 7.11. The van der Waals surface area contributed by atoms with Gasteiger partial charge in [-0.3, -0.25) is 4.79 Å². The monoisotopic (exact) mass is 320 g/mol. The van der Waals surface area contributed by atoms with Crippen molar-refractivity contribution in [3.8, 4) is 0 Å². The predicted octanol–water partition coefficient (Wildman–Crippen LogP) is 5.54. The Hall–Kier alpha value is -1.31. The minimum atomic E-state index is 0.0166. The first-order chi connectivity index (χ1) is 10.0. The van der Waals surface area contributed by atoms with Gasteiger partial charge >= 0.3 is 0 Å². The molecule has 0 radical (unpaired) electrons. The van der Waals surface area contributed by atoms with Gasteiger partial charge in [-0.2, -0.15) is 0 Å². The first kappa shape index (κ1) is 16.1. The fourth-order valence-electron chi connectivity index (χ4n) is 2.27. The van der Waals surface area contributed by atoms with Crippen molar-refractivity contribution in [3.63, 3.8) is 0 Å². The Kier molecular flexibility index (Phi) is 5.44. The summed E-state index contributed by atoms with van der Waals surface area (Å²) in [5, 5.41) is 1.24. The number of ketones is 1. The van der Waals surface area contributed by atoms with E-state index < -0.39 is 0 Å². The van der Waals surface area contributed by atoms with Crippen molar-refractivity contribution in [2.75, 3.05) is 0 Å². The lowest BCUT2D eigenvalue weighted by Crippen LogP contribution is -2.05. The van der Waals surface area contributed by atoms with E-state index in [2.05, 4.69) is 13.8 Å². The number of carbonyl (C=O) groups excluding carboxylic acids is 1. The number of aryl methyl sites for hydroxylation is 2. The second-order valence-electron chi connectivity index (χ2n) is 5.05. The van der Waals surface area contributed by atoms with Crippen molar-refractivity contribution in [1.29, 1.82) is 0 Å². The Bertz CT molecular complexity index is 662. The molecule has 2 aromatic rings. The van der Waals surface area contributed by atoms with Gasteiger partial charge in [0.1, 0.15) is 0 Å². The van der Waals surface area contributed by atoms with Crippen LogP contribution in [0.1, 0.15) is 40.9 Å². The highest BCUT2D eigenvalue weighted by Gasteiger charge is 2.12. The molecule has 0 bridgehead atoms. The van der Waals surface area contributed by atoms with Gasteiger partial charge in [0.15, 0.2) is 5.78 Å². The van der Waals surface area contributed by atoms with E-state index >= 15 is 0 Å². The molecular formula is C18H18Cl2O. The molecule has 0 aliphatic heterocycles. The lowest BCUT2D eigenvalue weighted by molar-refractivity contribution is 0.0993. The Morgan fingerprint density at radius 2 is 1.57 bits per heavy atom. The lowest BCUT2D eigenvalue weighted by atomic mass is 10.00. The molecule has 0 aliphatic rings. The van der Waals surface area contributed by atoms with Crippen LogP contribution in [0, 0.1) is 0 Å². The molecule has 0 aromatic heterocycles. The molecule has 0 fully saturated rings. The van der Waals surface area contributed by atoms with E-state index in [1.807, 2.05) is 36.4 Å². The van der Waals surface area contributed by atoms with E-state index in [-0.39, 0.29) is 5.78 Å². The van der Waals surface area contributed by atoms with Gasteiger partial charge in [0.2, 0.25) is 0 Å². The average molecular weight is 321 g/mol. The molecule has 3 heteroatoms. The molecule has 0 aliphatic carbocycles. The first-order valence-electron chi connectivity index (χ1n) is 7.14. The van der Waals surface area contributed by atoms with Gasteiger partial charge in [-0.15, -0.1) is 0 Å². The number of hydrogen-bond donors (Lipinski definition) is 0. The zero-order chi connectivity index (χ0) is 15.4. The lowest BCUT2D eigenvalue weighted by Gasteiger charge is -2.07. The van der Waals surface area contributed by atoms with Crippen molar-refractivity contribution in [2.45, 2.75) is 33.1 Å². The highest BCUT2D eigenvalue weighted by atomic mass is 35.5. The van der Waals surface area contributed by atoms with Gasteiger partial charge in [-0.05, 0) is 47.7 Å². The molecule has 110 valence electrons. The highest BCUT2D eigenvalue weighted by molar-refractivity contribution is 6.34. The summed E-state index contributed by atoms with van der Waals surface area (Å²) in [5.74, 6) is 0.0166. The van der Waals surface area contributed by atoms with E-state index in [0.717, 1.165) is 34.6 Å². The highest BCUT2D eigenvalue weighted by Crippen LogP contribution is 2.22. The number of halogens is 2. The second-order valence-corrected chi connectivity index (χ2v) is 5.86. The van der Waals surface area contributed by atoms with Gasteiger partial charge in [-0.25, -0.2) is 0 Å². The number of Topliss-reactive ketones (excluding diaryl/α,β-unsaturated/α-hetero) is 1. The van der Waals surface area contributed by atoms with Crippen LogP contribution in [-0.4, -0.2) is 5.78 Å². The maximum Gasteiger partial charge on any atom is 0.168 e. The van der Waals surface area contributed by atoms with Crippen LogP contribution in [-0.2, 0) is 19.3 Å². The molecule has 0 saturated heterocycles. The Morgan fingerprint density at radius 3 is 2.14 bits per heavy atom. The van der Waals surface area contributed by atoms with Crippen LogP contribution in [0.25, 0.3) is 0 Å². The third-order valence-electron chi connectivity index (χ3n) is 3.61. The Labute approximate surface area is 135 Å². The van der Waals surface area contributed by atoms with Crippen LogP contribution in [0.4, 0.5) is 0 Å². The maximum atomic E-state index is 12.4. The minimum absolute atomic E-state index is 0.0166. The van der Waals surface area contributed by atoms with Crippen molar-refractivity contribution >= 4 is 29.0 Å². The number of hydrogen-bond acceptors (Lipinski definition) is 1. The van der Waals surface area contributed by atoms with Gasteiger partial charge in [0.25, 0.3) is 0 Å². The van der Waals surface area contributed by atoms with Crippen molar-refractivity contribution < 1.29 is 4.79 Å². The molecule has 0 spiro atoms. The zero-order valence-electron chi connectivity index (χ0n) is 12.2. The standard InChI is InChI=1S/C18H18Cl2O/c1-3-12-6-8-15(17(20)9-12)18(21)11-13-5-7-14(4-2)16(19)10-13/h5-10H,3-4,11H2,1-2H3. The molecular weight excluding hydrogens is 303 g/mol. The summed E-state index contributed by atoms with van der Waals surface area (Å²) in [6, 6.07) is 11.4. The van der Waals surface area contributed by atoms with Crippen LogP contribution in [0.5, 0.6) is 0 Å². The molecule has 0 heterocycles. The summed E-state index contributed by atoms with van der Waals surface area (Å²) in [4.78, 5) is 12.4. The number of carbonyl (C=O) groups is 1. The molecule has 0 saturated carbocycles. The van der Waals surface area contributed by atoms with Crippen LogP contribution in [0.15, 0.2) is 36.4 Å². The predicted molar refractivity (Wildman–Crippen MR) is 89.7 cm³/mol. The van der Waals surface area contributed by atoms with E-state index in [9.17, 15) is 4.79 Å². The smallest absolute Gasteiger partial charge is 0.168 e. The summed E-state index contributed by atoms with van der Waals surface area (Å²) >= 11 is 12.4. The SMILES string of the molecule is CCc1ccc(C(=O)Cc2ccc(CC)c(Cl)c2)c(Cl)c1. The normalized spacial score (nSPS) is 10.7. The van der Waals surface area contributed by atoms with Crippen LogP contribution in [0.3, 0.4) is 0 Å². The molecule has 0 atom stereocenters. The summed E-state index contributed by atoms with van der Waals surface area (Å²) in [5.41, 5.74) is 3.72. The molecule has 0 unspecified atom stereocenters. The number of benzene rings is 2. The van der Waals surface area contributed by atoms with Crippen LogP contribution < -0.4 is 0 Å². The van der Waals surface area contributed by atoms with E-state index in [0.29, 0.717) is 17.0 Å². The molecule has 0 amide bonds. The van der Waals surface area contributed by atoms with Crippen molar-refractivity contribution in [1.82, 2.24) is 0 Å².